The number of benzene rings is 3. The van der Waals surface area contributed by atoms with Crippen LogP contribution in [0.4, 0.5) is 5.69 Å². The number of rotatable bonds is 1. The summed E-state index contributed by atoms with van der Waals surface area (Å²) in [4.78, 5) is 22.5. The summed E-state index contributed by atoms with van der Waals surface area (Å²) >= 11 is 0. The van der Waals surface area contributed by atoms with E-state index in [1.54, 1.807) is 18.2 Å². The van der Waals surface area contributed by atoms with Gasteiger partial charge in [-0.15, -0.1) is 0 Å². The number of aryl methyl sites for hydroxylation is 1. The molecule has 3 aliphatic rings. The van der Waals surface area contributed by atoms with Gasteiger partial charge >= 0.3 is 0 Å². The number of amidine groups is 1. The van der Waals surface area contributed by atoms with Crippen LogP contribution in [-0.4, -0.2) is 54.0 Å². The van der Waals surface area contributed by atoms with E-state index in [0.29, 0.717) is 36.7 Å². The summed E-state index contributed by atoms with van der Waals surface area (Å²) in [6, 6.07) is 19.4. The number of aliphatic imine (C=N–C) groups is 1. The first-order valence-corrected chi connectivity index (χ1v) is 11.5. The van der Waals surface area contributed by atoms with Gasteiger partial charge in [0.15, 0.2) is 17.2 Å². The van der Waals surface area contributed by atoms with Crippen molar-refractivity contribution >= 4 is 17.4 Å². The van der Waals surface area contributed by atoms with Gasteiger partial charge in [-0.25, -0.2) is 4.99 Å². The zero-order valence-corrected chi connectivity index (χ0v) is 19.2. The Balaban J connectivity index is 1.28. The normalized spacial score (nSPS) is 18.4. The number of carbonyl (C=O) groups is 1. The minimum Gasteiger partial charge on any atom is -0.454 e. The fourth-order valence-corrected chi connectivity index (χ4v) is 4.72. The summed E-state index contributed by atoms with van der Waals surface area (Å²) < 4.78 is 17.1. The smallest absolute Gasteiger partial charge is 0.254 e. The Bertz CT molecular complexity index is 1320. The van der Waals surface area contributed by atoms with Crippen molar-refractivity contribution in [2.75, 3.05) is 26.4 Å². The van der Waals surface area contributed by atoms with Gasteiger partial charge in [0.1, 0.15) is 17.3 Å². The van der Waals surface area contributed by atoms with E-state index < -0.39 is 0 Å². The Morgan fingerprint density at radius 2 is 1.79 bits per heavy atom. The lowest BCUT2D eigenvalue weighted by Gasteiger charge is -2.41. The van der Waals surface area contributed by atoms with Gasteiger partial charge in [0, 0.05) is 31.2 Å². The van der Waals surface area contributed by atoms with Crippen molar-refractivity contribution in [3.05, 3.63) is 77.4 Å². The zero-order valence-electron chi connectivity index (χ0n) is 19.2. The third-order valence-electron chi connectivity index (χ3n) is 6.50. The van der Waals surface area contributed by atoms with Crippen molar-refractivity contribution in [1.29, 1.82) is 0 Å². The number of amides is 1. The fraction of sp³-hybridized carbons (Fsp3) is 0.259. The van der Waals surface area contributed by atoms with E-state index >= 15 is 0 Å². The molecule has 0 saturated carbocycles. The maximum atomic E-state index is 13.3. The Morgan fingerprint density at radius 3 is 2.68 bits per heavy atom. The number of hydrogen-bond acceptors (Lipinski definition) is 6. The van der Waals surface area contributed by atoms with Crippen molar-refractivity contribution in [2.45, 2.75) is 19.9 Å². The molecule has 0 N–H and O–H groups in total. The third-order valence-corrected chi connectivity index (χ3v) is 6.50. The molecule has 172 valence electrons. The number of hydrogen-bond donors (Lipinski definition) is 0. The van der Waals surface area contributed by atoms with Crippen LogP contribution >= 0.6 is 0 Å². The van der Waals surface area contributed by atoms with Gasteiger partial charge in [-0.2, -0.15) is 0 Å². The molecule has 1 saturated heterocycles. The number of ether oxygens (including phenoxy) is 3. The molecule has 1 atom stereocenters. The van der Waals surface area contributed by atoms with E-state index in [-0.39, 0.29) is 18.7 Å². The van der Waals surface area contributed by atoms with Gasteiger partial charge in [0.05, 0.1) is 5.56 Å². The van der Waals surface area contributed by atoms with Gasteiger partial charge in [-0.3, -0.25) is 4.79 Å². The highest BCUT2D eigenvalue weighted by Gasteiger charge is 2.32. The molecule has 1 unspecified atom stereocenters. The van der Waals surface area contributed by atoms with Gasteiger partial charge in [-0.05, 0) is 61.9 Å². The highest BCUT2D eigenvalue weighted by Crippen LogP contribution is 2.39. The molecule has 1 amide bonds. The standard InChI is InChI=1S/C27H25N3O4/c1-17-7-9-21-24(13-17)34-22-6-4-3-5-20(22)26(28-21)29-11-12-30(18(2)15-29)27(31)19-8-10-23-25(14-19)33-16-32-23/h3-10,13-14,18H,11-12,15-16H2,1-2H3. The average molecular weight is 456 g/mol. The highest BCUT2D eigenvalue weighted by molar-refractivity contribution is 6.04. The second kappa shape index (κ2) is 8.09. The number of carbonyl (C=O) groups excluding carboxylic acids is 1. The van der Waals surface area contributed by atoms with Gasteiger partial charge in [0.2, 0.25) is 6.79 Å². The summed E-state index contributed by atoms with van der Waals surface area (Å²) in [5.41, 5.74) is 3.50. The average Bonchev–Trinajstić information content (AvgIpc) is 3.25. The summed E-state index contributed by atoms with van der Waals surface area (Å²) in [5.74, 6) is 3.72. The zero-order chi connectivity index (χ0) is 23.2. The van der Waals surface area contributed by atoms with E-state index in [9.17, 15) is 4.79 Å². The van der Waals surface area contributed by atoms with E-state index in [1.807, 2.05) is 54.3 Å². The molecule has 0 aliphatic carbocycles. The molecule has 1 fully saturated rings. The third kappa shape index (κ3) is 3.53. The largest absolute Gasteiger partial charge is 0.454 e. The van der Waals surface area contributed by atoms with Crippen LogP contribution in [0.2, 0.25) is 0 Å². The van der Waals surface area contributed by atoms with E-state index in [0.717, 1.165) is 34.1 Å². The van der Waals surface area contributed by atoms with Crippen molar-refractivity contribution in [1.82, 2.24) is 9.80 Å². The van der Waals surface area contributed by atoms with Crippen LogP contribution in [0.15, 0.2) is 65.7 Å². The first kappa shape index (κ1) is 20.6. The predicted octanol–water partition coefficient (Wildman–Crippen LogP) is 4.75. The van der Waals surface area contributed by atoms with E-state index in [1.165, 1.54) is 0 Å². The molecule has 3 aromatic rings. The Morgan fingerprint density at radius 1 is 0.941 bits per heavy atom. The molecule has 0 spiro atoms. The fourth-order valence-electron chi connectivity index (χ4n) is 4.72. The molecule has 7 nitrogen and oxygen atoms in total. The predicted molar refractivity (Wildman–Crippen MR) is 129 cm³/mol. The Hall–Kier alpha value is -4.00. The molecular weight excluding hydrogens is 430 g/mol. The van der Waals surface area contributed by atoms with Crippen LogP contribution in [0.5, 0.6) is 23.0 Å². The van der Waals surface area contributed by atoms with E-state index in [2.05, 4.69) is 11.8 Å². The lowest BCUT2D eigenvalue weighted by Crippen LogP contribution is -2.55. The molecule has 0 bridgehead atoms. The van der Waals surface area contributed by atoms with E-state index in [4.69, 9.17) is 19.2 Å². The summed E-state index contributed by atoms with van der Waals surface area (Å²) in [5, 5.41) is 0. The molecule has 7 heteroatoms. The number of para-hydroxylation sites is 1. The minimum atomic E-state index is -0.00203. The number of nitrogens with zero attached hydrogens (tertiary/aromatic N) is 3. The Kier molecular flexibility index (Phi) is 4.90. The molecule has 6 rings (SSSR count). The van der Waals surface area contributed by atoms with Gasteiger partial charge in [0.25, 0.3) is 5.91 Å². The highest BCUT2D eigenvalue weighted by atomic mass is 16.7. The van der Waals surface area contributed by atoms with Gasteiger partial charge in [-0.1, -0.05) is 18.2 Å². The minimum absolute atomic E-state index is 0.00203. The SMILES string of the molecule is Cc1ccc2c(c1)Oc1ccccc1C(N1CCN(C(=O)c3ccc4c(c3)OCO4)C(C)C1)=N2. The van der Waals surface area contributed by atoms with Crippen LogP contribution in [0.3, 0.4) is 0 Å². The molecule has 34 heavy (non-hydrogen) atoms. The first-order chi connectivity index (χ1) is 16.6. The van der Waals surface area contributed by atoms with Crippen LogP contribution in [0.25, 0.3) is 0 Å². The maximum absolute atomic E-state index is 13.3. The van der Waals surface area contributed by atoms with Crippen LogP contribution in [0.1, 0.15) is 28.4 Å². The first-order valence-electron chi connectivity index (χ1n) is 11.5. The van der Waals surface area contributed by atoms with Gasteiger partial charge < -0.3 is 24.0 Å². The number of fused-ring (bicyclic) bond motifs is 3. The van der Waals surface area contributed by atoms with Crippen molar-refractivity contribution in [3.8, 4) is 23.0 Å². The monoisotopic (exact) mass is 455 g/mol. The number of piperazine rings is 1. The Labute approximate surface area is 198 Å². The second-order valence-corrected chi connectivity index (χ2v) is 8.87. The van der Waals surface area contributed by atoms with Crippen molar-refractivity contribution in [2.24, 2.45) is 4.99 Å². The summed E-state index contributed by atoms with van der Waals surface area (Å²) in [6.07, 6.45) is 0. The lowest BCUT2D eigenvalue weighted by molar-refractivity contribution is 0.0581. The molecule has 0 aromatic heterocycles. The molecule has 3 aliphatic heterocycles. The van der Waals surface area contributed by atoms with Crippen molar-refractivity contribution < 1.29 is 19.0 Å². The van der Waals surface area contributed by atoms with Crippen molar-refractivity contribution in [3.63, 3.8) is 0 Å². The summed E-state index contributed by atoms with van der Waals surface area (Å²) in [6.45, 7) is 6.26. The van der Waals surface area contributed by atoms with Crippen LogP contribution < -0.4 is 14.2 Å². The molecular formula is C27H25N3O4. The maximum Gasteiger partial charge on any atom is 0.254 e. The second-order valence-electron chi connectivity index (χ2n) is 8.87. The molecule has 3 aromatic carbocycles. The molecule has 0 radical (unpaired) electrons. The molecule has 3 heterocycles. The summed E-state index contributed by atoms with van der Waals surface area (Å²) in [7, 11) is 0. The van der Waals surface area contributed by atoms with Crippen LogP contribution in [0, 0.1) is 6.92 Å². The topological polar surface area (TPSA) is 63.6 Å². The quantitative estimate of drug-likeness (QED) is 0.530. The lowest BCUT2D eigenvalue weighted by atomic mass is 10.1. The van der Waals surface area contributed by atoms with Crippen LogP contribution in [-0.2, 0) is 0 Å².